The van der Waals surface area contributed by atoms with Crippen LogP contribution in [0, 0.1) is 22.7 Å². The Hall–Kier alpha value is -2.66. The van der Waals surface area contributed by atoms with Crippen LogP contribution in [-0.2, 0) is 4.74 Å². The van der Waals surface area contributed by atoms with Gasteiger partial charge in [0.2, 0.25) is 5.88 Å². The van der Waals surface area contributed by atoms with Gasteiger partial charge in [-0.2, -0.15) is 10.5 Å². The minimum atomic E-state index is -0.571. The van der Waals surface area contributed by atoms with E-state index in [1.807, 2.05) is 12.1 Å². The van der Waals surface area contributed by atoms with Crippen molar-refractivity contribution in [2.75, 3.05) is 0 Å². The summed E-state index contributed by atoms with van der Waals surface area (Å²) in [5.41, 5.74) is 6.02. The van der Waals surface area contributed by atoms with Gasteiger partial charge >= 0.3 is 0 Å². The first-order chi connectivity index (χ1) is 7.77. The number of allylic oxidation sites excluding steroid dienone is 2. The summed E-state index contributed by atoms with van der Waals surface area (Å²) in [4.78, 5) is 0. The van der Waals surface area contributed by atoms with Crippen molar-refractivity contribution in [2.24, 2.45) is 5.73 Å². The molecule has 0 aromatic carbocycles. The van der Waals surface area contributed by atoms with E-state index >= 15 is 0 Å². The molecule has 16 heavy (non-hydrogen) atoms. The van der Waals surface area contributed by atoms with E-state index in [9.17, 15) is 0 Å². The second-order valence-corrected chi connectivity index (χ2v) is 3.14. The van der Waals surface area contributed by atoms with Gasteiger partial charge in [0.05, 0.1) is 23.8 Å². The van der Waals surface area contributed by atoms with Gasteiger partial charge in [-0.05, 0) is 12.1 Å². The summed E-state index contributed by atoms with van der Waals surface area (Å²) in [5.74, 6) is -0.0720. The largest absolute Gasteiger partial charge is 0.468 e. The van der Waals surface area contributed by atoms with Crippen molar-refractivity contribution in [1.29, 1.82) is 10.5 Å². The summed E-state index contributed by atoms with van der Waals surface area (Å²) in [5, 5.41) is 17.9. The third kappa shape index (κ3) is 1.41. The SMILES string of the molecule is N#CC1=COC(N)=C(C#N)C1c1ccco1. The van der Waals surface area contributed by atoms with Crippen molar-refractivity contribution < 1.29 is 9.15 Å². The van der Waals surface area contributed by atoms with Crippen molar-refractivity contribution in [3.8, 4) is 12.1 Å². The second kappa shape index (κ2) is 3.84. The number of hydrogen-bond acceptors (Lipinski definition) is 5. The zero-order chi connectivity index (χ0) is 11.5. The first-order valence-corrected chi connectivity index (χ1v) is 4.48. The van der Waals surface area contributed by atoms with E-state index < -0.39 is 5.92 Å². The van der Waals surface area contributed by atoms with Gasteiger partial charge < -0.3 is 14.9 Å². The first kappa shape index (κ1) is 9.88. The highest BCUT2D eigenvalue weighted by atomic mass is 16.5. The number of nitrogens with zero attached hydrogens (tertiary/aromatic N) is 2. The topological polar surface area (TPSA) is 96.0 Å². The van der Waals surface area contributed by atoms with Crippen LogP contribution in [0.25, 0.3) is 0 Å². The maximum Gasteiger partial charge on any atom is 0.204 e. The molecule has 0 amide bonds. The van der Waals surface area contributed by atoms with E-state index in [1.54, 1.807) is 12.1 Å². The maximum atomic E-state index is 9.00. The van der Waals surface area contributed by atoms with Crippen LogP contribution >= 0.6 is 0 Å². The van der Waals surface area contributed by atoms with Gasteiger partial charge in [0.1, 0.15) is 23.7 Å². The number of rotatable bonds is 1. The summed E-state index contributed by atoms with van der Waals surface area (Å²) < 4.78 is 10.1. The third-order valence-electron chi connectivity index (χ3n) is 2.26. The molecule has 1 aliphatic rings. The van der Waals surface area contributed by atoms with Crippen molar-refractivity contribution in [3.05, 3.63) is 47.4 Å². The van der Waals surface area contributed by atoms with E-state index in [2.05, 4.69) is 0 Å². The van der Waals surface area contributed by atoms with Gasteiger partial charge in [0, 0.05) is 0 Å². The van der Waals surface area contributed by atoms with Crippen molar-refractivity contribution in [3.63, 3.8) is 0 Å². The highest BCUT2D eigenvalue weighted by Crippen LogP contribution is 2.35. The quantitative estimate of drug-likeness (QED) is 0.762. The lowest BCUT2D eigenvalue weighted by Crippen LogP contribution is -2.16. The summed E-state index contributed by atoms with van der Waals surface area (Å²) in [6.45, 7) is 0. The Morgan fingerprint density at radius 2 is 2.12 bits per heavy atom. The van der Waals surface area contributed by atoms with Crippen LogP contribution in [0.3, 0.4) is 0 Å². The van der Waals surface area contributed by atoms with E-state index in [0.717, 1.165) is 0 Å². The molecule has 1 atom stereocenters. The highest BCUT2D eigenvalue weighted by molar-refractivity contribution is 5.48. The van der Waals surface area contributed by atoms with Crippen LogP contribution in [0.5, 0.6) is 0 Å². The molecule has 0 saturated carbocycles. The molecule has 1 aromatic rings. The number of nitriles is 2. The third-order valence-corrected chi connectivity index (χ3v) is 2.26. The fourth-order valence-electron chi connectivity index (χ4n) is 1.52. The smallest absolute Gasteiger partial charge is 0.204 e. The molecular weight excluding hydrogens is 206 g/mol. The zero-order valence-corrected chi connectivity index (χ0v) is 8.18. The second-order valence-electron chi connectivity index (χ2n) is 3.14. The number of ether oxygens (including phenoxy) is 1. The van der Waals surface area contributed by atoms with E-state index in [-0.39, 0.29) is 11.5 Å². The summed E-state index contributed by atoms with van der Waals surface area (Å²) in [6.07, 6.45) is 2.72. The van der Waals surface area contributed by atoms with E-state index in [1.165, 1.54) is 12.5 Å². The van der Waals surface area contributed by atoms with Gasteiger partial charge in [-0.25, -0.2) is 0 Å². The van der Waals surface area contributed by atoms with Crippen molar-refractivity contribution >= 4 is 0 Å². The maximum absolute atomic E-state index is 9.00. The Kier molecular flexibility index (Phi) is 2.37. The molecule has 5 heteroatoms. The highest BCUT2D eigenvalue weighted by Gasteiger charge is 2.30. The Balaban J connectivity index is 2.53. The van der Waals surface area contributed by atoms with Crippen LogP contribution in [-0.4, -0.2) is 0 Å². The van der Waals surface area contributed by atoms with Gasteiger partial charge in [-0.15, -0.1) is 0 Å². The van der Waals surface area contributed by atoms with Crippen molar-refractivity contribution in [1.82, 2.24) is 0 Å². The van der Waals surface area contributed by atoms with E-state index in [0.29, 0.717) is 11.3 Å². The van der Waals surface area contributed by atoms with Gasteiger partial charge in [-0.3, -0.25) is 0 Å². The number of nitrogens with two attached hydrogens (primary N) is 1. The molecule has 0 bridgehead atoms. The minimum Gasteiger partial charge on any atom is -0.468 e. The molecule has 0 saturated heterocycles. The molecule has 2 rings (SSSR count). The van der Waals surface area contributed by atoms with Crippen LogP contribution in [0.2, 0.25) is 0 Å². The number of hydrogen-bond donors (Lipinski definition) is 1. The standard InChI is InChI=1S/C11H7N3O2/c12-4-7-6-16-11(14)8(5-13)10(7)9-2-1-3-15-9/h1-3,6,10H,14H2. The van der Waals surface area contributed by atoms with E-state index in [4.69, 9.17) is 25.4 Å². The van der Waals surface area contributed by atoms with Gasteiger partial charge in [-0.1, -0.05) is 0 Å². The summed E-state index contributed by atoms with van der Waals surface area (Å²) in [7, 11) is 0. The van der Waals surface area contributed by atoms with Crippen LogP contribution < -0.4 is 5.73 Å². The zero-order valence-electron chi connectivity index (χ0n) is 8.18. The Morgan fingerprint density at radius 3 is 2.69 bits per heavy atom. The lowest BCUT2D eigenvalue weighted by Gasteiger charge is -2.18. The average Bonchev–Trinajstić information content (AvgIpc) is 2.81. The molecule has 5 nitrogen and oxygen atoms in total. The molecule has 2 N–H and O–H groups in total. The molecule has 0 fully saturated rings. The molecule has 0 spiro atoms. The fourth-order valence-corrected chi connectivity index (χ4v) is 1.52. The monoisotopic (exact) mass is 213 g/mol. The molecular formula is C11H7N3O2. The first-order valence-electron chi connectivity index (χ1n) is 4.48. The molecule has 1 unspecified atom stereocenters. The normalized spacial score (nSPS) is 19.4. The van der Waals surface area contributed by atoms with Crippen molar-refractivity contribution in [2.45, 2.75) is 5.92 Å². The average molecular weight is 213 g/mol. The lowest BCUT2D eigenvalue weighted by atomic mass is 9.89. The van der Waals surface area contributed by atoms with Gasteiger partial charge in [0.25, 0.3) is 0 Å². The Bertz CT molecular complexity index is 541. The lowest BCUT2D eigenvalue weighted by molar-refractivity contribution is 0.321. The Morgan fingerprint density at radius 1 is 1.31 bits per heavy atom. The molecule has 1 aromatic heterocycles. The summed E-state index contributed by atoms with van der Waals surface area (Å²) in [6, 6.07) is 7.27. The predicted molar refractivity (Wildman–Crippen MR) is 53.1 cm³/mol. The van der Waals surface area contributed by atoms with Gasteiger partial charge in [0.15, 0.2) is 0 Å². The number of furan rings is 1. The Labute approximate surface area is 91.6 Å². The molecule has 1 aliphatic heterocycles. The predicted octanol–water partition coefficient (Wildman–Crippen LogP) is 1.49. The van der Waals surface area contributed by atoms with Crippen LogP contribution in [0.4, 0.5) is 0 Å². The molecule has 78 valence electrons. The molecule has 2 heterocycles. The molecule has 0 radical (unpaired) electrons. The minimum absolute atomic E-state index is 0.00269. The van der Waals surface area contributed by atoms with Crippen LogP contribution in [0.15, 0.2) is 46.1 Å². The molecule has 0 aliphatic carbocycles. The van der Waals surface area contributed by atoms with Crippen LogP contribution in [0.1, 0.15) is 11.7 Å². The fraction of sp³-hybridized carbons (Fsp3) is 0.0909. The summed E-state index contributed by atoms with van der Waals surface area (Å²) >= 11 is 0.